The average molecular weight is 483 g/mol. The van der Waals surface area contributed by atoms with Crippen LogP contribution in [0, 0.1) is 0 Å². The van der Waals surface area contributed by atoms with Gasteiger partial charge in [-0.2, -0.15) is 0 Å². The number of aliphatic hydroxyl groups excluding tert-OH is 1. The Kier molecular flexibility index (Phi) is 8.63. The number of hydrogen-bond acceptors (Lipinski definition) is 3. The molecule has 0 saturated carbocycles. The number of guanidine groups is 1. The van der Waals surface area contributed by atoms with E-state index in [-0.39, 0.29) is 36.6 Å². The van der Waals surface area contributed by atoms with Crippen LogP contribution in [-0.2, 0) is 12.8 Å². The molecule has 2 atom stereocenters. The van der Waals surface area contributed by atoms with Crippen molar-refractivity contribution in [1.29, 1.82) is 0 Å². The molecular weight excluding hydrogens is 453 g/mol. The van der Waals surface area contributed by atoms with Gasteiger partial charge in [0, 0.05) is 6.54 Å². The summed E-state index contributed by atoms with van der Waals surface area (Å²) in [5.74, 6) is 1.23. The van der Waals surface area contributed by atoms with Crippen LogP contribution < -0.4 is 10.6 Å². The van der Waals surface area contributed by atoms with Crippen molar-refractivity contribution in [3.05, 3.63) is 59.0 Å². The molecular formula is C21H30IN3O2. The third-order valence-electron chi connectivity index (χ3n) is 4.86. The lowest BCUT2D eigenvalue weighted by molar-refractivity contribution is 0.158. The number of hydrogen-bond donors (Lipinski definition) is 3. The van der Waals surface area contributed by atoms with Gasteiger partial charge in [-0.15, -0.1) is 24.0 Å². The number of nitrogens with one attached hydrogen (secondary N) is 2. The zero-order valence-corrected chi connectivity index (χ0v) is 18.4. The molecule has 27 heavy (non-hydrogen) atoms. The number of fused-ring (bicyclic) bond motifs is 1. The molecule has 1 aromatic carbocycles. The van der Waals surface area contributed by atoms with Crippen LogP contribution in [0.5, 0.6) is 0 Å². The normalized spacial score (nSPS) is 16.0. The molecule has 1 aromatic heterocycles. The van der Waals surface area contributed by atoms with Gasteiger partial charge in [0.15, 0.2) is 5.96 Å². The van der Waals surface area contributed by atoms with Crippen molar-refractivity contribution in [2.75, 3.05) is 13.1 Å². The molecule has 0 radical (unpaired) electrons. The maximum absolute atomic E-state index is 10.2. The second-order valence-electron chi connectivity index (χ2n) is 6.85. The van der Waals surface area contributed by atoms with E-state index in [0.29, 0.717) is 11.7 Å². The SMILES string of the molecule is CCNC(=NCC(O)c1ccco1)NC(C)c1ccc2c(c1)CCCC2.I. The molecule has 0 spiro atoms. The van der Waals surface area contributed by atoms with Crippen LogP contribution in [0.1, 0.15) is 61.3 Å². The molecule has 2 aromatic rings. The van der Waals surface area contributed by atoms with Crippen LogP contribution in [0.25, 0.3) is 0 Å². The molecule has 1 aliphatic rings. The van der Waals surface area contributed by atoms with E-state index >= 15 is 0 Å². The van der Waals surface area contributed by atoms with E-state index in [4.69, 9.17) is 4.42 Å². The molecule has 1 heterocycles. The molecule has 0 amide bonds. The van der Waals surface area contributed by atoms with Crippen LogP contribution >= 0.6 is 24.0 Å². The van der Waals surface area contributed by atoms with Crippen molar-refractivity contribution in [2.45, 2.75) is 51.7 Å². The Morgan fingerprint density at radius 3 is 2.70 bits per heavy atom. The second-order valence-corrected chi connectivity index (χ2v) is 6.85. The topological polar surface area (TPSA) is 69.8 Å². The first-order valence-electron chi connectivity index (χ1n) is 9.55. The fourth-order valence-corrected chi connectivity index (χ4v) is 3.38. The molecule has 0 saturated heterocycles. The lowest BCUT2D eigenvalue weighted by atomic mass is 9.89. The predicted molar refractivity (Wildman–Crippen MR) is 120 cm³/mol. The zero-order valence-electron chi connectivity index (χ0n) is 16.1. The summed E-state index contributed by atoms with van der Waals surface area (Å²) >= 11 is 0. The molecule has 1 aliphatic carbocycles. The Morgan fingerprint density at radius 2 is 2.00 bits per heavy atom. The largest absolute Gasteiger partial charge is 0.467 e. The van der Waals surface area contributed by atoms with Gasteiger partial charge in [-0.3, -0.25) is 4.99 Å². The highest BCUT2D eigenvalue weighted by atomic mass is 127. The van der Waals surface area contributed by atoms with Crippen molar-refractivity contribution in [3.8, 4) is 0 Å². The van der Waals surface area contributed by atoms with E-state index in [1.807, 2.05) is 6.92 Å². The van der Waals surface area contributed by atoms with Crippen LogP contribution in [0.2, 0.25) is 0 Å². The lowest BCUT2D eigenvalue weighted by Crippen LogP contribution is -2.39. The summed E-state index contributed by atoms with van der Waals surface area (Å²) in [5.41, 5.74) is 4.25. The van der Waals surface area contributed by atoms with E-state index in [1.165, 1.54) is 42.4 Å². The number of aliphatic hydroxyl groups is 1. The molecule has 0 aliphatic heterocycles. The van der Waals surface area contributed by atoms with Crippen molar-refractivity contribution >= 4 is 29.9 Å². The van der Waals surface area contributed by atoms with Crippen LogP contribution in [-0.4, -0.2) is 24.2 Å². The van der Waals surface area contributed by atoms with Gasteiger partial charge < -0.3 is 20.2 Å². The summed E-state index contributed by atoms with van der Waals surface area (Å²) in [6.07, 6.45) is 5.79. The van der Waals surface area contributed by atoms with Crippen LogP contribution in [0.4, 0.5) is 0 Å². The van der Waals surface area contributed by atoms with Gasteiger partial charge >= 0.3 is 0 Å². The fraction of sp³-hybridized carbons (Fsp3) is 0.476. The zero-order chi connectivity index (χ0) is 18.4. The molecule has 2 unspecified atom stereocenters. The van der Waals surface area contributed by atoms with Gasteiger partial charge in [-0.25, -0.2) is 0 Å². The van der Waals surface area contributed by atoms with E-state index in [1.54, 1.807) is 18.4 Å². The standard InChI is InChI=1S/C21H29N3O2.HI/c1-3-22-21(23-14-19(25)20-9-6-12-26-20)24-15(2)17-11-10-16-7-4-5-8-18(16)13-17;/h6,9-13,15,19,25H,3-5,7-8,14H2,1-2H3,(H2,22,23,24);1H. The summed E-state index contributed by atoms with van der Waals surface area (Å²) in [7, 11) is 0. The van der Waals surface area contributed by atoms with E-state index in [0.717, 1.165) is 6.54 Å². The van der Waals surface area contributed by atoms with Gasteiger partial charge in [0.25, 0.3) is 0 Å². The molecule has 5 nitrogen and oxygen atoms in total. The van der Waals surface area contributed by atoms with E-state index < -0.39 is 6.10 Å². The fourth-order valence-electron chi connectivity index (χ4n) is 3.38. The number of aryl methyl sites for hydroxylation is 2. The van der Waals surface area contributed by atoms with Gasteiger partial charge in [0.1, 0.15) is 11.9 Å². The second kappa shape index (κ2) is 10.7. The number of halogens is 1. The Bertz CT molecular complexity index is 731. The summed E-state index contributed by atoms with van der Waals surface area (Å²) < 4.78 is 5.23. The van der Waals surface area contributed by atoms with Crippen LogP contribution in [0.15, 0.2) is 46.0 Å². The minimum atomic E-state index is -0.737. The summed E-state index contributed by atoms with van der Waals surface area (Å²) in [4.78, 5) is 4.51. The van der Waals surface area contributed by atoms with Gasteiger partial charge in [-0.05, 0) is 68.4 Å². The first-order valence-corrected chi connectivity index (χ1v) is 9.55. The summed E-state index contributed by atoms with van der Waals surface area (Å²) in [5, 5.41) is 16.8. The van der Waals surface area contributed by atoms with Crippen molar-refractivity contribution in [3.63, 3.8) is 0 Å². The maximum atomic E-state index is 10.2. The maximum Gasteiger partial charge on any atom is 0.191 e. The quantitative estimate of drug-likeness (QED) is 0.329. The van der Waals surface area contributed by atoms with Gasteiger partial charge in [-0.1, -0.05) is 18.2 Å². The molecule has 3 N–H and O–H groups in total. The minimum Gasteiger partial charge on any atom is -0.467 e. The highest BCUT2D eigenvalue weighted by Crippen LogP contribution is 2.24. The van der Waals surface area contributed by atoms with Gasteiger partial charge in [0.05, 0.1) is 18.8 Å². The third kappa shape index (κ3) is 5.97. The van der Waals surface area contributed by atoms with E-state index in [2.05, 4.69) is 40.7 Å². The number of aliphatic imine (C=N–C) groups is 1. The minimum absolute atomic E-state index is 0. The summed E-state index contributed by atoms with van der Waals surface area (Å²) in [6.45, 7) is 5.18. The summed E-state index contributed by atoms with van der Waals surface area (Å²) in [6, 6.07) is 10.5. The smallest absolute Gasteiger partial charge is 0.191 e. The highest BCUT2D eigenvalue weighted by Gasteiger charge is 2.14. The number of benzene rings is 1. The molecule has 0 fully saturated rings. The van der Waals surface area contributed by atoms with Crippen molar-refractivity contribution in [1.82, 2.24) is 10.6 Å². The first-order chi connectivity index (χ1) is 12.7. The van der Waals surface area contributed by atoms with Crippen molar-refractivity contribution in [2.24, 2.45) is 4.99 Å². The number of rotatable bonds is 6. The number of nitrogens with zero attached hydrogens (tertiary/aromatic N) is 1. The Balaban J connectivity index is 0.00000261. The van der Waals surface area contributed by atoms with Crippen LogP contribution in [0.3, 0.4) is 0 Å². The Labute approximate surface area is 178 Å². The van der Waals surface area contributed by atoms with E-state index in [9.17, 15) is 5.11 Å². The number of furan rings is 1. The lowest BCUT2D eigenvalue weighted by Gasteiger charge is -2.22. The van der Waals surface area contributed by atoms with Gasteiger partial charge in [0.2, 0.25) is 0 Å². The highest BCUT2D eigenvalue weighted by molar-refractivity contribution is 14.0. The average Bonchev–Trinajstić information content (AvgIpc) is 3.20. The Morgan fingerprint density at radius 1 is 1.22 bits per heavy atom. The molecule has 148 valence electrons. The predicted octanol–water partition coefficient (Wildman–Crippen LogP) is 4.13. The molecule has 3 rings (SSSR count). The molecule has 6 heteroatoms. The first kappa shape index (κ1) is 21.8. The monoisotopic (exact) mass is 483 g/mol. The Hall–Kier alpha value is -1.54. The third-order valence-corrected chi connectivity index (χ3v) is 4.86. The molecule has 0 bridgehead atoms. The van der Waals surface area contributed by atoms with Crippen molar-refractivity contribution < 1.29 is 9.52 Å².